The fraction of sp³-hybridized carbons (Fsp3) is 0.471. The van der Waals surface area contributed by atoms with Crippen LogP contribution in [0.15, 0.2) is 30.3 Å². The van der Waals surface area contributed by atoms with E-state index >= 15 is 0 Å². The monoisotopic (exact) mass is 291 g/mol. The predicted molar refractivity (Wildman–Crippen MR) is 85.2 cm³/mol. The summed E-state index contributed by atoms with van der Waals surface area (Å²) in [5.41, 5.74) is 0.831. The number of likely N-dealkylation sites (N-methyl/N-ethyl adjacent to an activating group) is 1. The van der Waals surface area contributed by atoms with E-state index in [2.05, 4.69) is 0 Å². The van der Waals surface area contributed by atoms with Crippen molar-refractivity contribution in [2.75, 3.05) is 20.2 Å². The normalized spacial score (nSPS) is 12.2. The molecule has 21 heavy (non-hydrogen) atoms. The highest BCUT2D eigenvalue weighted by Gasteiger charge is 2.20. The quantitative estimate of drug-likeness (QED) is 0.820. The maximum atomic E-state index is 12.3. The second-order valence-corrected chi connectivity index (χ2v) is 5.69. The zero-order chi connectivity index (χ0) is 16.0. The Kier molecular flexibility index (Phi) is 5.97. The van der Waals surface area contributed by atoms with E-state index < -0.39 is 5.60 Å². The molecule has 0 aliphatic carbocycles. The fourth-order valence-corrected chi connectivity index (χ4v) is 2.14. The number of hydrogen-bond donors (Lipinski definition) is 1. The number of methoxy groups -OCH3 is 1. The van der Waals surface area contributed by atoms with E-state index in [9.17, 15) is 9.90 Å². The number of benzene rings is 1. The summed E-state index contributed by atoms with van der Waals surface area (Å²) in [7, 11) is 1.61. The van der Waals surface area contributed by atoms with Crippen LogP contribution >= 0.6 is 0 Å². The number of ether oxygens (including phenoxy) is 1. The Morgan fingerprint density at radius 2 is 2.00 bits per heavy atom. The predicted octanol–water partition coefficient (Wildman–Crippen LogP) is 2.72. The van der Waals surface area contributed by atoms with Gasteiger partial charge in [0, 0.05) is 24.7 Å². The molecule has 0 saturated heterocycles. The number of nitrogens with zero attached hydrogens (tertiary/aromatic N) is 1. The Morgan fingerprint density at radius 1 is 1.38 bits per heavy atom. The molecule has 0 saturated carbocycles. The van der Waals surface area contributed by atoms with Gasteiger partial charge in [-0.3, -0.25) is 4.79 Å². The molecule has 0 unspecified atom stereocenters. The summed E-state index contributed by atoms with van der Waals surface area (Å²) >= 11 is 0. The van der Waals surface area contributed by atoms with Crippen LogP contribution in [0.5, 0.6) is 5.75 Å². The molecule has 1 N–H and O–H groups in total. The van der Waals surface area contributed by atoms with Crippen LogP contribution in [0.4, 0.5) is 0 Å². The third kappa shape index (κ3) is 5.23. The summed E-state index contributed by atoms with van der Waals surface area (Å²) in [5.74, 6) is 0.632. The molecule has 0 fully saturated rings. The molecule has 1 aromatic carbocycles. The third-order valence-corrected chi connectivity index (χ3v) is 3.14. The van der Waals surface area contributed by atoms with E-state index in [1.165, 1.54) is 0 Å². The van der Waals surface area contributed by atoms with Crippen LogP contribution < -0.4 is 4.74 Å². The molecule has 0 aliphatic heterocycles. The average molecular weight is 291 g/mol. The number of hydrogen-bond acceptors (Lipinski definition) is 3. The van der Waals surface area contributed by atoms with E-state index in [4.69, 9.17) is 4.74 Å². The van der Waals surface area contributed by atoms with Crippen LogP contribution in [0.1, 0.15) is 33.3 Å². The lowest BCUT2D eigenvalue weighted by Crippen LogP contribution is -2.41. The summed E-state index contributed by atoms with van der Waals surface area (Å²) in [6.45, 7) is 8.03. The Morgan fingerprint density at radius 3 is 2.52 bits per heavy atom. The van der Waals surface area contributed by atoms with Gasteiger partial charge in [0.2, 0.25) is 5.91 Å². The first-order chi connectivity index (χ1) is 9.78. The number of carbonyl (C=O) groups is 1. The lowest BCUT2D eigenvalue weighted by atomic mass is 10.1. The van der Waals surface area contributed by atoms with E-state index in [0.717, 1.165) is 16.9 Å². The highest BCUT2D eigenvalue weighted by atomic mass is 16.5. The van der Waals surface area contributed by atoms with Crippen molar-refractivity contribution >= 4 is 11.5 Å². The molecule has 0 bridgehead atoms. The van der Waals surface area contributed by atoms with Crippen LogP contribution in [0, 0.1) is 0 Å². The van der Waals surface area contributed by atoms with Crippen molar-refractivity contribution in [3.05, 3.63) is 35.9 Å². The summed E-state index contributed by atoms with van der Waals surface area (Å²) in [4.78, 5) is 14.0. The van der Waals surface area contributed by atoms with Crippen LogP contribution in [0.2, 0.25) is 0 Å². The van der Waals surface area contributed by atoms with Gasteiger partial charge < -0.3 is 14.7 Å². The smallest absolute Gasteiger partial charge is 0.246 e. The first kappa shape index (κ1) is 17.2. The van der Waals surface area contributed by atoms with Gasteiger partial charge in [0.1, 0.15) is 5.75 Å². The van der Waals surface area contributed by atoms with Crippen LogP contribution in [0.3, 0.4) is 0 Å². The van der Waals surface area contributed by atoms with E-state index in [1.807, 2.05) is 38.1 Å². The second-order valence-electron chi connectivity index (χ2n) is 5.69. The summed E-state index contributed by atoms with van der Waals surface area (Å²) in [5, 5.41) is 9.87. The number of para-hydroxylation sites is 1. The number of amides is 1. The molecular formula is C17H25NO3. The van der Waals surface area contributed by atoms with Crippen molar-refractivity contribution in [2.45, 2.75) is 33.3 Å². The van der Waals surface area contributed by atoms with Crippen molar-refractivity contribution in [2.24, 2.45) is 0 Å². The second kappa shape index (κ2) is 7.27. The number of aliphatic hydroxyl groups is 1. The SMILES string of the molecule is CCN(CC(C)(C)O)C(=O)C=C(C)c1ccccc1OC. The van der Waals surface area contributed by atoms with Crippen molar-refractivity contribution in [3.8, 4) is 5.75 Å². The third-order valence-electron chi connectivity index (χ3n) is 3.14. The summed E-state index contributed by atoms with van der Waals surface area (Å²) < 4.78 is 5.31. The van der Waals surface area contributed by atoms with Gasteiger partial charge in [-0.2, -0.15) is 0 Å². The molecule has 0 aliphatic rings. The van der Waals surface area contributed by atoms with Crippen molar-refractivity contribution in [1.29, 1.82) is 0 Å². The highest BCUT2D eigenvalue weighted by molar-refractivity contribution is 5.95. The van der Waals surface area contributed by atoms with Gasteiger partial charge in [-0.25, -0.2) is 0 Å². The van der Waals surface area contributed by atoms with Crippen molar-refractivity contribution in [3.63, 3.8) is 0 Å². The zero-order valence-corrected chi connectivity index (χ0v) is 13.5. The van der Waals surface area contributed by atoms with Gasteiger partial charge in [0.25, 0.3) is 0 Å². The molecule has 4 nitrogen and oxygen atoms in total. The minimum absolute atomic E-state index is 0.108. The number of rotatable bonds is 6. The molecule has 1 aromatic rings. The van der Waals surface area contributed by atoms with E-state index in [-0.39, 0.29) is 5.91 Å². The standard InChI is InChI=1S/C17H25NO3/c1-6-18(12-17(3,4)20)16(19)11-13(2)14-9-7-8-10-15(14)21-5/h7-11,20H,6,12H2,1-5H3. The van der Waals surface area contributed by atoms with Crippen LogP contribution in [-0.2, 0) is 4.79 Å². The Labute approximate surface area is 127 Å². The fourth-order valence-electron chi connectivity index (χ4n) is 2.14. The Hall–Kier alpha value is -1.81. The molecule has 116 valence electrons. The molecule has 0 atom stereocenters. The van der Waals surface area contributed by atoms with Crippen LogP contribution in [0.25, 0.3) is 5.57 Å². The topological polar surface area (TPSA) is 49.8 Å². The largest absolute Gasteiger partial charge is 0.496 e. The maximum Gasteiger partial charge on any atom is 0.246 e. The van der Waals surface area contributed by atoms with Gasteiger partial charge in [0.15, 0.2) is 0 Å². The molecule has 0 heterocycles. The molecule has 4 heteroatoms. The van der Waals surface area contributed by atoms with Crippen molar-refractivity contribution in [1.82, 2.24) is 4.90 Å². The molecule has 1 amide bonds. The van der Waals surface area contributed by atoms with Gasteiger partial charge >= 0.3 is 0 Å². The molecular weight excluding hydrogens is 266 g/mol. The van der Waals surface area contributed by atoms with E-state index in [0.29, 0.717) is 13.1 Å². The summed E-state index contributed by atoms with van der Waals surface area (Å²) in [6, 6.07) is 7.59. The lowest BCUT2D eigenvalue weighted by Gasteiger charge is -2.27. The minimum Gasteiger partial charge on any atom is -0.496 e. The minimum atomic E-state index is -0.905. The maximum absolute atomic E-state index is 12.3. The molecule has 1 rings (SSSR count). The Balaban J connectivity index is 2.97. The van der Waals surface area contributed by atoms with Crippen molar-refractivity contribution < 1.29 is 14.6 Å². The first-order valence-electron chi connectivity index (χ1n) is 7.11. The molecule has 0 radical (unpaired) electrons. The van der Waals surface area contributed by atoms with E-state index in [1.54, 1.807) is 31.9 Å². The van der Waals surface area contributed by atoms with Gasteiger partial charge in [0.05, 0.1) is 12.7 Å². The highest BCUT2D eigenvalue weighted by Crippen LogP contribution is 2.25. The molecule has 0 spiro atoms. The lowest BCUT2D eigenvalue weighted by molar-refractivity contribution is -0.128. The average Bonchev–Trinajstić information content (AvgIpc) is 2.43. The zero-order valence-electron chi connectivity index (χ0n) is 13.5. The van der Waals surface area contributed by atoms with Gasteiger partial charge in [-0.05, 0) is 39.3 Å². The number of allylic oxidation sites excluding steroid dienone is 1. The van der Waals surface area contributed by atoms with Gasteiger partial charge in [-0.1, -0.05) is 18.2 Å². The molecule has 0 aromatic heterocycles. The Bertz CT molecular complexity index is 515. The summed E-state index contributed by atoms with van der Waals surface area (Å²) in [6.07, 6.45) is 1.59. The number of carbonyl (C=O) groups excluding carboxylic acids is 1. The first-order valence-corrected chi connectivity index (χ1v) is 7.11. The van der Waals surface area contributed by atoms with Crippen LogP contribution in [-0.4, -0.2) is 41.7 Å². The van der Waals surface area contributed by atoms with Gasteiger partial charge in [-0.15, -0.1) is 0 Å².